The zero-order valence-corrected chi connectivity index (χ0v) is 17.5. The summed E-state index contributed by atoms with van der Waals surface area (Å²) < 4.78 is 0. The standard InChI is InChI=1S/C27H20N2O3/c1-2-29-23-15-14-22(20-12-7-13-21(24(20)23)27(29)32)28-26(31)19-11-6-10-18(16-19)25(30)17-8-4-3-5-9-17/h3-16H,2H2,1H3,(H,28,31). The Labute approximate surface area is 185 Å². The summed E-state index contributed by atoms with van der Waals surface area (Å²) in [5, 5.41) is 4.62. The molecule has 32 heavy (non-hydrogen) atoms. The lowest BCUT2D eigenvalue weighted by Gasteiger charge is -2.15. The average Bonchev–Trinajstić information content (AvgIpc) is 3.13. The highest BCUT2D eigenvalue weighted by Gasteiger charge is 2.29. The van der Waals surface area contributed by atoms with Crippen LogP contribution in [0.1, 0.15) is 43.6 Å². The van der Waals surface area contributed by atoms with E-state index in [4.69, 9.17) is 0 Å². The maximum absolute atomic E-state index is 13.0. The fourth-order valence-electron chi connectivity index (χ4n) is 4.22. The fourth-order valence-corrected chi connectivity index (χ4v) is 4.22. The number of anilines is 2. The monoisotopic (exact) mass is 420 g/mol. The molecule has 1 N–H and O–H groups in total. The molecular weight excluding hydrogens is 400 g/mol. The van der Waals surface area contributed by atoms with Crippen molar-refractivity contribution < 1.29 is 14.4 Å². The first-order valence-electron chi connectivity index (χ1n) is 10.5. The quantitative estimate of drug-likeness (QED) is 0.445. The topological polar surface area (TPSA) is 66.5 Å². The van der Waals surface area contributed by atoms with Gasteiger partial charge < -0.3 is 10.2 Å². The largest absolute Gasteiger partial charge is 0.321 e. The third-order valence-electron chi connectivity index (χ3n) is 5.77. The average molecular weight is 420 g/mol. The van der Waals surface area contributed by atoms with E-state index in [0.29, 0.717) is 34.5 Å². The maximum Gasteiger partial charge on any atom is 0.258 e. The van der Waals surface area contributed by atoms with Crippen LogP contribution >= 0.6 is 0 Å². The van der Waals surface area contributed by atoms with Crippen LogP contribution in [0, 0.1) is 0 Å². The SMILES string of the molecule is CCN1C(=O)c2cccc3c(NC(=O)c4cccc(C(=O)c5ccccc5)c4)ccc1c23. The smallest absolute Gasteiger partial charge is 0.258 e. The first kappa shape index (κ1) is 19.7. The van der Waals surface area contributed by atoms with Crippen molar-refractivity contribution >= 4 is 39.7 Å². The van der Waals surface area contributed by atoms with E-state index in [1.165, 1.54) is 0 Å². The number of benzene rings is 4. The van der Waals surface area contributed by atoms with E-state index in [-0.39, 0.29) is 17.6 Å². The zero-order valence-electron chi connectivity index (χ0n) is 17.5. The van der Waals surface area contributed by atoms with Gasteiger partial charge in [-0.15, -0.1) is 0 Å². The fraction of sp³-hybridized carbons (Fsp3) is 0.0741. The van der Waals surface area contributed by atoms with Crippen molar-refractivity contribution in [2.45, 2.75) is 6.92 Å². The van der Waals surface area contributed by atoms with Crippen molar-refractivity contribution in [2.24, 2.45) is 0 Å². The lowest BCUT2D eigenvalue weighted by molar-refractivity contribution is 0.0991. The lowest BCUT2D eigenvalue weighted by Crippen LogP contribution is -2.25. The van der Waals surface area contributed by atoms with E-state index in [0.717, 1.165) is 16.5 Å². The van der Waals surface area contributed by atoms with Crippen LogP contribution in [-0.4, -0.2) is 24.1 Å². The predicted molar refractivity (Wildman–Crippen MR) is 126 cm³/mol. The first-order chi connectivity index (χ1) is 15.6. The van der Waals surface area contributed by atoms with E-state index in [9.17, 15) is 14.4 Å². The molecule has 0 aromatic heterocycles. The minimum atomic E-state index is -0.315. The van der Waals surface area contributed by atoms with Crippen LogP contribution in [0.4, 0.5) is 11.4 Å². The van der Waals surface area contributed by atoms with Gasteiger partial charge in [-0.05, 0) is 37.3 Å². The summed E-state index contributed by atoms with van der Waals surface area (Å²) in [5.74, 6) is -0.474. The Morgan fingerprint density at radius 1 is 0.812 bits per heavy atom. The molecule has 2 amide bonds. The highest BCUT2D eigenvalue weighted by atomic mass is 16.2. The van der Waals surface area contributed by atoms with Gasteiger partial charge in [0.2, 0.25) is 0 Å². The summed E-state index contributed by atoms with van der Waals surface area (Å²) in [4.78, 5) is 40.2. The molecule has 0 aliphatic carbocycles. The number of rotatable bonds is 5. The Morgan fingerprint density at radius 2 is 1.53 bits per heavy atom. The maximum atomic E-state index is 13.0. The number of nitrogens with one attached hydrogen (secondary N) is 1. The third-order valence-corrected chi connectivity index (χ3v) is 5.77. The molecule has 0 bridgehead atoms. The minimum absolute atomic E-state index is 0.0243. The van der Waals surface area contributed by atoms with Crippen LogP contribution < -0.4 is 10.2 Å². The lowest BCUT2D eigenvalue weighted by atomic mass is 10.0. The second-order valence-electron chi connectivity index (χ2n) is 7.64. The van der Waals surface area contributed by atoms with E-state index >= 15 is 0 Å². The van der Waals surface area contributed by atoms with Gasteiger partial charge in [-0.3, -0.25) is 14.4 Å². The number of carbonyl (C=O) groups excluding carboxylic acids is 3. The summed E-state index contributed by atoms with van der Waals surface area (Å²) in [6.07, 6.45) is 0. The summed E-state index contributed by atoms with van der Waals surface area (Å²) in [6.45, 7) is 2.52. The van der Waals surface area contributed by atoms with Crippen LogP contribution in [-0.2, 0) is 0 Å². The highest BCUT2D eigenvalue weighted by molar-refractivity contribution is 6.27. The minimum Gasteiger partial charge on any atom is -0.321 e. The van der Waals surface area contributed by atoms with Crippen molar-refractivity contribution in [3.8, 4) is 0 Å². The van der Waals surface area contributed by atoms with Gasteiger partial charge in [-0.1, -0.05) is 54.6 Å². The Hall–Kier alpha value is -4.25. The molecule has 0 atom stereocenters. The molecule has 5 nitrogen and oxygen atoms in total. The normalized spacial score (nSPS) is 12.3. The van der Waals surface area contributed by atoms with Gasteiger partial charge in [0.15, 0.2) is 5.78 Å². The van der Waals surface area contributed by atoms with Crippen LogP contribution in [0.15, 0.2) is 84.9 Å². The molecule has 5 rings (SSSR count). The molecule has 0 radical (unpaired) electrons. The van der Waals surface area contributed by atoms with E-state index in [1.54, 1.807) is 41.3 Å². The number of amides is 2. The van der Waals surface area contributed by atoms with Crippen molar-refractivity contribution in [1.82, 2.24) is 0 Å². The van der Waals surface area contributed by atoms with Gasteiger partial charge >= 0.3 is 0 Å². The van der Waals surface area contributed by atoms with Gasteiger partial charge in [0.1, 0.15) is 0 Å². The summed E-state index contributed by atoms with van der Waals surface area (Å²) in [5.41, 5.74) is 3.54. The van der Waals surface area contributed by atoms with Gasteiger partial charge in [0.05, 0.1) is 5.69 Å². The van der Waals surface area contributed by atoms with Crippen LogP contribution in [0.3, 0.4) is 0 Å². The number of hydrogen-bond acceptors (Lipinski definition) is 3. The first-order valence-corrected chi connectivity index (χ1v) is 10.5. The predicted octanol–water partition coefficient (Wildman–Crippen LogP) is 5.30. The van der Waals surface area contributed by atoms with Crippen molar-refractivity contribution in [3.05, 3.63) is 107 Å². The van der Waals surface area contributed by atoms with Crippen LogP contribution in [0.5, 0.6) is 0 Å². The molecule has 4 aromatic carbocycles. The number of nitrogens with zero attached hydrogens (tertiary/aromatic N) is 1. The molecule has 0 unspecified atom stereocenters. The Morgan fingerprint density at radius 3 is 2.31 bits per heavy atom. The Balaban J connectivity index is 1.48. The highest BCUT2D eigenvalue weighted by Crippen LogP contribution is 2.40. The molecule has 0 saturated carbocycles. The Kier molecular flexibility index (Phi) is 4.79. The molecule has 1 aliphatic rings. The van der Waals surface area contributed by atoms with Gasteiger partial charge in [-0.2, -0.15) is 0 Å². The molecule has 4 aromatic rings. The summed E-state index contributed by atoms with van der Waals surface area (Å²) in [6, 6.07) is 24.9. The van der Waals surface area contributed by atoms with Crippen molar-refractivity contribution in [3.63, 3.8) is 0 Å². The molecule has 0 saturated heterocycles. The van der Waals surface area contributed by atoms with E-state index in [1.807, 2.05) is 55.5 Å². The van der Waals surface area contributed by atoms with E-state index in [2.05, 4.69) is 5.32 Å². The Bertz CT molecular complexity index is 1390. The molecule has 1 heterocycles. The number of hydrogen-bond donors (Lipinski definition) is 1. The molecule has 0 fully saturated rings. The van der Waals surface area contributed by atoms with Crippen molar-refractivity contribution in [2.75, 3.05) is 16.8 Å². The number of ketones is 1. The molecular formula is C27H20N2O3. The molecule has 5 heteroatoms. The molecule has 1 aliphatic heterocycles. The van der Waals surface area contributed by atoms with Gasteiger partial charge in [0.25, 0.3) is 11.8 Å². The van der Waals surface area contributed by atoms with Crippen LogP contribution in [0.25, 0.3) is 10.8 Å². The third kappa shape index (κ3) is 3.15. The zero-order chi connectivity index (χ0) is 22.2. The molecule has 0 spiro atoms. The number of carbonyl (C=O) groups is 3. The second kappa shape index (κ2) is 7.78. The molecule has 156 valence electrons. The summed E-state index contributed by atoms with van der Waals surface area (Å²) >= 11 is 0. The van der Waals surface area contributed by atoms with Crippen molar-refractivity contribution in [1.29, 1.82) is 0 Å². The second-order valence-corrected chi connectivity index (χ2v) is 7.64. The summed E-state index contributed by atoms with van der Waals surface area (Å²) in [7, 11) is 0. The van der Waals surface area contributed by atoms with Crippen LogP contribution in [0.2, 0.25) is 0 Å². The van der Waals surface area contributed by atoms with Gasteiger partial charge in [0, 0.05) is 45.3 Å². The van der Waals surface area contributed by atoms with Gasteiger partial charge in [-0.25, -0.2) is 0 Å². The van der Waals surface area contributed by atoms with E-state index < -0.39 is 0 Å².